The minimum absolute atomic E-state index is 0.333. The van der Waals surface area contributed by atoms with Crippen LogP contribution in [0.3, 0.4) is 0 Å². The zero-order chi connectivity index (χ0) is 24.1. The van der Waals surface area contributed by atoms with Crippen LogP contribution in [0.2, 0.25) is 0 Å². The van der Waals surface area contributed by atoms with E-state index in [2.05, 4.69) is 32.6 Å². The van der Waals surface area contributed by atoms with E-state index in [0.717, 1.165) is 29.4 Å². The van der Waals surface area contributed by atoms with Crippen LogP contribution in [0, 0.1) is 35.0 Å². The fourth-order valence-corrected chi connectivity index (χ4v) is 8.50. The van der Waals surface area contributed by atoms with E-state index in [4.69, 9.17) is 0 Å². The number of aliphatic hydroxyl groups excluding tert-OH is 2. The van der Waals surface area contributed by atoms with Gasteiger partial charge < -0.3 is 15.3 Å². The molecule has 0 aromatic carbocycles. The Morgan fingerprint density at radius 1 is 1.09 bits per heavy atom. The predicted octanol–water partition coefficient (Wildman–Crippen LogP) is 6.48. The Balaban J connectivity index is 1.22. The number of aliphatic hydroxyl groups is 3. The molecule has 5 aliphatic carbocycles. The summed E-state index contributed by atoms with van der Waals surface area (Å²) in [4.78, 5) is 0. The molecule has 3 N–H and O–H groups in total. The highest BCUT2D eigenvalue weighted by atomic mass is 16.3. The summed E-state index contributed by atoms with van der Waals surface area (Å²) in [5.74, 6) is 3.36. The molecule has 0 unspecified atom stereocenters. The molecule has 3 nitrogen and oxygen atoms in total. The quantitative estimate of drug-likeness (QED) is 0.382. The summed E-state index contributed by atoms with van der Waals surface area (Å²) in [5.41, 5.74) is 3.44. The number of rotatable bonds is 8. The maximum absolute atomic E-state index is 11.3. The minimum atomic E-state index is -0.612. The normalized spacial score (nSPS) is 40.1. The van der Waals surface area contributed by atoms with Gasteiger partial charge in [0.1, 0.15) is 0 Å². The van der Waals surface area contributed by atoms with E-state index in [0.29, 0.717) is 36.0 Å². The molecule has 0 saturated heterocycles. The second-order valence-corrected chi connectivity index (χ2v) is 13.1. The Bertz CT molecular complexity index is 820. The van der Waals surface area contributed by atoms with Gasteiger partial charge in [0, 0.05) is 6.42 Å². The maximum atomic E-state index is 11.3. The zero-order valence-corrected chi connectivity index (χ0v) is 21.6. The van der Waals surface area contributed by atoms with Crippen molar-refractivity contribution in [1.29, 1.82) is 0 Å². The van der Waals surface area contributed by atoms with Crippen molar-refractivity contribution in [3.8, 4) is 0 Å². The van der Waals surface area contributed by atoms with Crippen LogP contribution in [0.1, 0.15) is 104 Å². The van der Waals surface area contributed by atoms with E-state index >= 15 is 0 Å². The molecular weight excluding hydrogens is 420 g/mol. The smallest absolute Gasteiger partial charge is 0.0811 e. The van der Waals surface area contributed by atoms with Crippen molar-refractivity contribution in [2.24, 2.45) is 35.0 Å². The number of hydrogen-bond donors (Lipinski definition) is 3. The van der Waals surface area contributed by atoms with Gasteiger partial charge in [0.25, 0.3) is 0 Å². The first kappa shape index (κ1) is 24.8. The second kappa shape index (κ2) is 9.52. The van der Waals surface area contributed by atoms with Gasteiger partial charge in [0.15, 0.2) is 0 Å². The SMILES string of the molecule is C=C1/C(=C/C=C2\CCC[C@]3(C)[C@@H]([C@H](C)CCCC(O)(C4CC4)C4CC4)CC[C@@H]23)C[C@@H](O)C[C@@H]1O. The molecule has 3 heteroatoms. The molecule has 5 rings (SSSR count). The average Bonchev–Trinajstić information content (AvgIpc) is 3.70. The first-order valence-corrected chi connectivity index (χ1v) is 14.4. The van der Waals surface area contributed by atoms with Crippen LogP contribution in [-0.2, 0) is 0 Å². The Morgan fingerprint density at radius 3 is 2.47 bits per heavy atom. The summed E-state index contributed by atoms with van der Waals surface area (Å²) in [6.07, 6.45) is 19.3. The Kier molecular flexibility index (Phi) is 6.94. The van der Waals surface area contributed by atoms with E-state index in [1.807, 2.05) is 0 Å². The number of allylic oxidation sites excluding steroid dienone is 3. The van der Waals surface area contributed by atoms with Crippen molar-refractivity contribution in [3.05, 3.63) is 35.5 Å². The van der Waals surface area contributed by atoms with Crippen molar-refractivity contribution >= 4 is 0 Å². The highest BCUT2D eigenvalue weighted by Gasteiger charge is 2.53. The molecule has 0 aromatic rings. The molecule has 0 spiro atoms. The molecule has 6 atom stereocenters. The lowest BCUT2D eigenvalue weighted by molar-refractivity contribution is -0.0172. The second-order valence-electron chi connectivity index (χ2n) is 13.1. The van der Waals surface area contributed by atoms with E-state index in [1.54, 1.807) is 5.57 Å². The molecule has 0 amide bonds. The molecular formula is C31H48O3. The van der Waals surface area contributed by atoms with E-state index in [9.17, 15) is 15.3 Å². The fourth-order valence-electron chi connectivity index (χ4n) is 8.50. The molecule has 190 valence electrons. The minimum Gasteiger partial charge on any atom is -0.393 e. The number of hydrogen-bond acceptors (Lipinski definition) is 3. The first-order valence-electron chi connectivity index (χ1n) is 14.4. The molecule has 0 radical (unpaired) electrons. The first-order chi connectivity index (χ1) is 16.2. The Morgan fingerprint density at radius 2 is 1.79 bits per heavy atom. The van der Waals surface area contributed by atoms with E-state index in [-0.39, 0.29) is 5.60 Å². The molecule has 5 fully saturated rings. The largest absolute Gasteiger partial charge is 0.393 e. The third kappa shape index (κ3) is 4.74. The summed E-state index contributed by atoms with van der Waals surface area (Å²) < 4.78 is 0. The lowest BCUT2D eigenvalue weighted by atomic mass is 9.60. The topological polar surface area (TPSA) is 60.7 Å². The molecule has 0 aliphatic heterocycles. The van der Waals surface area contributed by atoms with Crippen molar-refractivity contribution in [2.45, 2.75) is 122 Å². The monoisotopic (exact) mass is 468 g/mol. The van der Waals surface area contributed by atoms with Gasteiger partial charge in [-0.05, 0) is 117 Å². The molecule has 0 aromatic heterocycles. The van der Waals surface area contributed by atoms with Crippen molar-refractivity contribution < 1.29 is 15.3 Å². The standard InChI is InChI=1S/C31H48O3/c1-20(6-4-17-31(34,24-10-11-24)25-12-13-25)27-14-15-28-22(7-5-16-30(27,28)3)8-9-23-18-26(32)19-29(33)21(23)2/h8-9,20,24-29,32-34H,2,4-7,10-19H2,1,3H3/b22-8+,23-9+/t20-,26-,27-,28+,29+,30-/m1/s1. The fraction of sp³-hybridized carbons (Fsp3) is 0.806. The van der Waals surface area contributed by atoms with Crippen LogP contribution in [0.15, 0.2) is 35.5 Å². The summed E-state index contributed by atoms with van der Waals surface area (Å²) in [6, 6.07) is 0. The van der Waals surface area contributed by atoms with Crippen LogP contribution >= 0.6 is 0 Å². The molecule has 5 aliphatic rings. The van der Waals surface area contributed by atoms with Crippen LogP contribution in [-0.4, -0.2) is 33.1 Å². The van der Waals surface area contributed by atoms with E-state index in [1.165, 1.54) is 70.6 Å². The predicted molar refractivity (Wildman–Crippen MR) is 138 cm³/mol. The van der Waals surface area contributed by atoms with Gasteiger partial charge in [-0.3, -0.25) is 0 Å². The number of fused-ring (bicyclic) bond motifs is 1. The Hall–Kier alpha value is -0.900. The zero-order valence-electron chi connectivity index (χ0n) is 21.6. The molecule has 0 bridgehead atoms. The van der Waals surface area contributed by atoms with Gasteiger partial charge in [-0.2, -0.15) is 0 Å². The van der Waals surface area contributed by atoms with Crippen LogP contribution in [0.5, 0.6) is 0 Å². The van der Waals surface area contributed by atoms with Gasteiger partial charge in [0.2, 0.25) is 0 Å². The molecule has 5 saturated carbocycles. The van der Waals surface area contributed by atoms with Crippen molar-refractivity contribution in [2.75, 3.05) is 0 Å². The van der Waals surface area contributed by atoms with Crippen LogP contribution < -0.4 is 0 Å². The van der Waals surface area contributed by atoms with Gasteiger partial charge in [-0.1, -0.05) is 51.0 Å². The lowest BCUT2D eigenvalue weighted by Crippen LogP contribution is -2.36. The maximum Gasteiger partial charge on any atom is 0.0811 e. The summed E-state index contributed by atoms with van der Waals surface area (Å²) in [5, 5.41) is 31.6. The lowest BCUT2D eigenvalue weighted by Gasteiger charge is -2.44. The van der Waals surface area contributed by atoms with Crippen molar-refractivity contribution in [1.82, 2.24) is 0 Å². The highest BCUT2D eigenvalue weighted by molar-refractivity contribution is 5.38. The highest BCUT2D eigenvalue weighted by Crippen LogP contribution is 2.60. The van der Waals surface area contributed by atoms with Crippen LogP contribution in [0.4, 0.5) is 0 Å². The van der Waals surface area contributed by atoms with Gasteiger partial charge >= 0.3 is 0 Å². The van der Waals surface area contributed by atoms with Gasteiger partial charge in [0.05, 0.1) is 17.8 Å². The third-order valence-corrected chi connectivity index (χ3v) is 10.8. The molecule has 0 heterocycles. The van der Waals surface area contributed by atoms with Gasteiger partial charge in [-0.25, -0.2) is 0 Å². The van der Waals surface area contributed by atoms with E-state index < -0.39 is 12.2 Å². The molecule has 34 heavy (non-hydrogen) atoms. The van der Waals surface area contributed by atoms with Crippen LogP contribution in [0.25, 0.3) is 0 Å². The third-order valence-electron chi connectivity index (χ3n) is 10.8. The van der Waals surface area contributed by atoms with Gasteiger partial charge in [-0.15, -0.1) is 0 Å². The Labute approximate surface area is 207 Å². The van der Waals surface area contributed by atoms with Crippen molar-refractivity contribution in [3.63, 3.8) is 0 Å². The summed E-state index contributed by atoms with van der Waals surface area (Å²) in [7, 11) is 0. The summed E-state index contributed by atoms with van der Waals surface area (Å²) >= 11 is 0. The average molecular weight is 469 g/mol. The summed E-state index contributed by atoms with van der Waals surface area (Å²) in [6.45, 7) is 9.13.